The Bertz CT molecular complexity index is 1250. The number of pyridine rings is 2. The van der Waals surface area contributed by atoms with Gasteiger partial charge in [0.1, 0.15) is 11.8 Å². The van der Waals surface area contributed by atoms with Crippen molar-refractivity contribution in [1.29, 1.82) is 0 Å². The van der Waals surface area contributed by atoms with Crippen molar-refractivity contribution in [3.8, 4) is 11.6 Å². The molecule has 1 aliphatic carbocycles. The first kappa shape index (κ1) is 23.4. The fourth-order valence-electron chi connectivity index (χ4n) is 4.23. The zero-order valence-corrected chi connectivity index (χ0v) is 19.7. The van der Waals surface area contributed by atoms with E-state index in [-0.39, 0.29) is 12.2 Å². The number of carboxylic acids is 1. The van der Waals surface area contributed by atoms with Crippen LogP contribution < -0.4 is 10.1 Å². The van der Waals surface area contributed by atoms with Gasteiger partial charge in [-0.1, -0.05) is 26.0 Å². The van der Waals surface area contributed by atoms with Crippen LogP contribution in [0.4, 0.5) is 0 Å². The van der Waals surface area contributed by atoms with Crippen molar-refractivity contribution in [2.45, 2.75) is 52.5 Å². The van der Waals surface area contributed by atoms with Crippen LogP contribution >= 0.6 is 0 Å². The molecule has 2 aromatic heterocycles. The number of carbonyl (C=O) groups is 2. The van der Waals surface area contributed by atoms with Crippen molar-refractivity contribution >= 4 is 22.5 Å². The van der Waals surface area contributed by atoms with Crippen molar-refractivity contribution in [3.05, 3.63) is 71.3 Å². The molecule has 34 heavy (non-hydrogen) atoms. The lowest BCUT2D eigenvalue weighted by Gasteiger charge is -2.19. The molecule has 0 fully saturated rings. The molecule has 2 heterocycles. The Hall–Kier alpha value is -3.74. The third kappa shape index (κ3) is 5.42. The largest absolute Gasteiger partial charge is 0.480 e. The van der Waals surface area contributed by atoms with Crippen molar-refractivity contribution in [2.24, 2.45) is 5.92 Å². The number of nitrogens with one attached hydrogen (secondary N) is 1. The number of aliphatic carboxylic acids is 1. The predicted molar refractivity (Wildman–Crippen MR) is 130 cm³/mol. The van der Waals surface area contributed by atoms with Gasteiger partial charge in [0.05, 0.1) is 5.39 Å². The number of carboxylic acid groups (broad SMARTS) is 1. The summed E-state index contributed by atoms with van der Waals surface area (Å²) in [5, 5.41) is 14.8. The highest BCUT2D eigenvalue weighted by molar-refractivity contribution is 5.98. The number of carbonyl (C=O) groups excluding carboxylic acids is 1. The molecular weight excluding hydrogens is 430 g/mol. The lowest BCUT2D eigenvalue weighted by atomic mass is 10.0. The summed E-state index contributed by atoms with van der Waals surface area (Å²) >= 11 is 0. The maximum Gasteiger partial charge on any atom is 0.326 e. The number of aromatic nitrogens is 2. The molecule has 0 saturated heterocycles. The van der Waals surface area contributed by atoms with E-state index >= 15 is 0 Å². The van der Waals surface area contributed by atoms with Crippen molar-refractivity contribution in [3.63, 3.8) is 0 Å². The number of allylic oxidation sites excluding steroid dienone is 2. The van der Waals surface area contributed by atoms with Crippen LogP contribution in [0.15, 0.2) is 60.1 Å². The first-order valence-electron chi connectivity index (χ1n) is 11.5. The number of ether oxygens (including phenoxy) is 1. The Balaban J connectivity index is 1.49. The molecule has 0 bridgehead atoms. The molecule has 7 heteroatoms. The first-order valence-corrected chi connectivity index (χ1v) is 11.5. The van der Waals surface area contributed by atoms with E-state index in [2.05, 4.69) is 29.1 Å². The van der Waals surface area contributed by atoms with Gasteiger partial charge in [-0.25, -0.2) is 9.78 Å². The minimum Gasteiger partial charge on any atom is -0.480 e. The number of nitrogens with zero attached hydrogens (tertiary/aromatic N) is 2. The number of Topliss-reactive ketones (excluding diaryl/α,β-unsaturated/α-hetero) is 1. The zero-order chi connectivity index (χ0) is 24.2. The fourth-order valence-corrected chi connectivity index (χ4v) is 4.23. The Kier molecular flexibility index (Phi) is 6.91. The second-order valence-electron chi connectivity index (χ2n) is 9.13. The molecule has 0 spiro atoms. The average molecular weight is 460 g/mol. The second kappa shape index (κ2) is 10.0. The van der Waals surface area contributed by atoms with Crippen LogP contribution in [0.3, 0.4) is 0 Å². The molecule has 0 aliphatic heterocycles. The molecule has 1 aliphatic rings. The van der Waals surface area contributed by atoms with Crippen LogP contribution in [-0.2, 0) is 16.0 Å². The van der Waals surface area contributed by atoms with Crippen molar-refractivity contribution < 1.29 is 19.4 Å². The minimum atomic E-state index is -0.945. The van der Waals surface area contributed by atoms with Gasteiger partial charge in [-0.3, -0.25) is 9.78 Å². The number of fused-ring (bicyclic) bond motifs is 1. The summed E-state index contributed by atoms with van der Waals surface area (Å²) in [4.78, 5) is 32.9. The standard InChI is InChI=1S/C27H29N3O4/c1-16(2)12-21-23(8-9-25(21)31)30-24(27(32)33)14-18-4-6-20(7-5-18)34-26-22-15-28-11-10-19(22)13-17(3)29-26/h4-7,10-11,13,15-16,24,30H,8-9,12,14H2,1-3H3,(H,32,33)/t24-/m0/s1. The molecule has 0 unspecified atom stereocenters. The van der Waals surface area contributed by atoms with Crippen LogP contribution in [0.2, 0.25) is 0 Å². The highest BCUT2D eigenvalue weighted by atomic mass is 16.5. The van der Waals surface area contributed by atoms with Gasteiger partial charge in [-0.05, 0) is 60.9 Å². The molecule has 3 aromatic rings. The van der Waals surface area contributed by atoms with Crippen LogP contribution in [-0.4, -0.2) is 32.9 Å². The minimum absolute atomic E-state index is 0.120. The van der Waals surface area contributed by atoms with Crippen LogP contribution in [0.1, 0.15) is 44.4 Å². The number of aryl methyl sites for hydroxylation is 1. The highest BCUT2D eigenvalue weighted by Gasteiger charge is 2.27. The van der Waals surface area contributed by atoms with Crippen molar-refractivity contribution in [2.75, 3.05) is 0 Å². The van der Waals surface area contributed by atoms with Gasteiger partial charge in [0, 0.05) is 42.2 Å². The van der Waals surface area contributed by atoms with E-state index in [4.69, 9.17) is 4.74 Å². The Labute approximate surface area is 198 Å². The van der Waals surface area contributed by atoms with Crippen molar-refractivity contribution in [1.82, 2.24) is 15.3 Å². The van der Waals surface area contributed by atoms with E-state index in [1.807, 2.05) is 43.3 Å². The lowest BCUT2D eigenvalue weighted by molar-refractivity contribution is -0.139. The van der Waals surface area contributed by atoms with E-state index in [0.717, 1.165) is 33.3 Å². The van der Waals surface area contributed by atoms with E-state index in [9.17, 15) is 14.7 Å². The van der Waals surface area contributed by atoms with Gasteiger partial charge in [-0.15, -0.1) is 0 Å². The van der Waals surface area contributed by atoms with Crippen LogP contribution in [0.5, 0.6) is 11.6 Å². The number of ketones is 1. The summed E-state index contributed by atoms with van der Waals surface area (Å²) < 4.78 is 6.02. The molecule has 2 N–H and O–H groups in total. The van der Waals surface area contributed by atoms with Gasteiger partial charge in [0.15, 0.2) is 5.78 Å². The molecule has 0 saturated carbocycles. The van der Waals surface area contributed by atoms with Gasteiger partial charge < -0.3 is 15.2 Å². The zero-order valence-electron chi connectivity index (χ0n) is 19.7. The second-order valence-corrected chi connectivity index (χ2v) is 9.13. The first-order chi connectivity index (χ1) is 16.3. The van der Waals surface area contributed by atoms with E-state index in [1.54, 1.807) is 12.4 Å². The Morgan fingerprint density at radius 3 is 2.62 bits per heavy atom. The monoisotopic (exact) mass is 459 g/mol. The molecule has 7 nitrogen and oxygen atoms in total. The molecule has 1 atom stereocenters. The predicted octanol–water partition coefficient (Wildman–Crippen LogP) is 4.98. The molecular formula is C27H29N3O4. The molecule has 4 rings (SSSR count). The van der Waals surface area contributed by atoms with Crippen LogP contribution in [0, 0.1) is 12.8 Å². The summed E-state index contributed by atoms with van der Waals surface area (Å²) in [5.41, 5.74) is 3.22. The SMILES string of the molecule is Cc1cc2ccncc2c(Oc2ccc(C[C@H](NC3=C(CC(C)C)C(=O)CC3)C(=O)O)cc2)n1. The number of benzene rings is 1. The summed E-state index contributed by atoms with van der Waals surface area (Å²) in [5.74, 6) is 0.598. The molecule has 1 aromatic carbocycles. The van der Waals surface area contributed by atoms with E-state index in [0.29, 0.717) is 36.8 Å². The third-order valence-electron chi connectivity index (χ3n) is 5.87. The maximum atomic E-state index is 12.3. The van der Waals surface area contributed by atoms with E-state index < -0.39 is 12.0 Å². The van der Waals surface area contributed by atoms with Gasteiger partial charge in [0.2, 0.25) is 5.88 Å². The van der Waals surface area contributed by atoms with E-state index in [1.165, 1.54) is 0 Å². The fraction of sp³-hybridized carbons (Fsp3) is 0.333. The smallest absolute Gasteiger partial charge is 0.326 e. The average Bonchev–Trinajstić information content (AvgIpc) is 3.13. The molecule has 176 valence electrons. The number of hydrogen-bond acceptors (Lipinski definition) is 6. The Morgan fingerprint density at radius 2 is 1.91 bits per heavy atom. The number of rotatable bonds is 9. The van der Waals surface area contributed by atoms with Crippen LogP contribution in [0.25, 0.3) is 10.8 Å². The lowest BCUT2D eigenvalue weighted by Crippen LogP contribution is -2.38. The molecule has 0 radical (unpaired) electrons. The highest BCUT2D eigenvalue weighted by Crippen LogP contribution is 2.29. The van der Waals surface area contributed by atoms with Gasteiger partial charge in [0.25, 0.3) is 0 Å². The summed E-state index contributed by atoms with van der Waals surface area (Å²) in [6.45, 7) is 6.02. The normalized spacial score (nSPS) is 14.6. The van der Waals surface area contributed by atoms with Gasteiger partial charge >= 0.3 is 5.97 Å². The molecule has 0 amide bonds. The topological polar surface area (TPSA) is 101 Å². The Morgan fingerprint density at radius 1 is 1.15 bits per heavy atom. The number of hydrogen-bond donors (Lipinski definition) is 2. The third-order valence-corrected chi connectivity index (χ3v) is 5.87. The summed E-state index contributed by atoms with van der Waals surface area (Å²) in [6, 6.07) is 10.4. The van der Waals surface area contributed by atoms with Gasteiger partial charge in [-0.2, -0.15) is 0 Å². The summed E-state index contributed by atoms with van der Waals surface area (Å²) in [7, 11) is 0. The maximum absolute atomic E-state index is 12.3. The summed E-state index contributed by atoms with van der Waals surface area (Å²) in [6.07, 6.45) is 5.43. The quantitative estimate of drug-likeness (QED) is 0.465.